The van der Waals surface area contributed by atoms with E-state index in [0.717, 1.165) is 30.2 Å². The van der Waals surface area contributed by atoms with Gasteiger partial charge >= 0.3 is 0 Å². The zero-order valence-electron chi connectivity index (χ0n) is 14.9. The highest BCUT2D eigenvalue weighted by Crippen LogP contribution is 2.30. The van der Waals surface area contributed by atoms with Crippen LogP contribution in [0.1, 0.15) is 31.2 Å². The third-order valence-electron chi connectivity index (χ3n) is 4.71. The lowest BCUT2D eigenvalue weighted by Gasteiger charge is -2.23. The zero-order valence-corrected chi connectivity index (χ0v) is 18.1. The molecule has 0 bridgehead atoms. The molecule has 0 spiro atoms. The van der Waals surface area contributed by atoms with Crippen molar-refractivity contribution in [2.45, 2.75) is 36.9 Å². The normalized spacial score (nSPS) is 17.9. The summed E-state index contributed by atoms with van der Waals surface area (Å²) >= 11 is 9.48. The maximum absolute atomic E-state index is 12.7. The second-order valence-electron chi connectivity index (χ2n) is 6.66. The van der Waals surface area contributed by atoms with Crippen LogP contribution >= 0.6 is 27.5 Å². The number of sulfonamides is 1. The Kier molecular flexibility index (Phi) is 5.76. The number of halogens is 2. The number of benzene rings is 2. The van der Waals surface area contributed by atoms with Crippen LogP contribution in [0, 0.1) is 0 Å². The molecule has 1 saturated heterocycles. The average Bonchev–Trinajstić information content (AvgIpc) is 3.05. The molecule has 1 aliphatic heterocycles. The van der Waals surface area contributed by atoms with Crippen LogP contribution in [0.3, 0.4) is 0 Å². The molecule has 1 fully saturated rings. The molecule has 9 heteroatoms. The second-order valence-corrected chi connectivity index (χ2v) is 9.77. The van der Waals surface area contributed by atoms with Gasteiger partial charge in [0.05, 0.1) is 22.7 Å². The van der Waals surface area contributed by atoms with Gasteiger partial charge in [-0.25, -0.2) is 17.8 Å². The summed E-state index contributed by atoms with van der Waals surface area (Å²) in [5.41, 5.74) is 1.50. The third kappa shape index (κ3) is 4.11. The van der Waals surface area contributed by atoms with Crippen LogP contribution in [-0.4, -0.2) is 24.8 Å². The first-order chi connectivity index (χ1) is 13.4. The highest BCUT2D eigenvalue weighted by molar-refractivity contribution is 9.10. The monoisotopic (exact) mass is 483 g/mol. The number of nitrogens with one attached hydrogen (secondary N) is 1. The summed E-state index contributed by atoms with van der Waals surface area (Å²) < 4.78 is 36.4. The first kappa shape index (κ1) is 19.8. The van der Waals surface area contributed by atoms with Gasteiger partial charge < -0.3 is 4.74 Å². The van der Waals surface area contributed by atoms with E-state index in [1.807, 2.05) is 16.8 Å². The van der Waals surface area contributed by atoms with Crippen molar-refractivity contribution in [2.75, 3.05) is 6.61 Å². The molecule has 1 aliphatic rings. The minimum Gasteiger partial charge on any atom is -0.356 e. The van der Waals surface area contributed by atoms with E-state index in [-0.39, 0.29) is 17.7 Å². The van der Waals surface area contributed by atoms with Gasteiger partial charge in [0.15, 0.2) is 6.23 Å². The average molecular weight is 485 g/mol. The Bertz CT molecular complexity index is 1110. The maximum atomic E-state index is 12.7. The van der Waals surface area contributed by atoms with Gasteiger partial charge in [0, 0.05) is 21.5 Å². The summed E-state index contributed by atoms with van der Waals surface area (Å²) in [7, 11) is -3.67. The lowest BCUT2D eigenvalue weighted by molar-refractivity contribution is -0.0368. The first-order valence-corrected chi connectivity index (χ1v) is 11.6. The number of ether oxygens (including phenoxy) is 1. The van der Waals surface area contributed by atoms with Crippen molar-refractivity contribution < 1.29 is 13.2 Å². The number of aromatic nitrogens is 2. The van der Waals surface area contributed by atoms with Crippen LogP contribution in [0.5, 0.6) is 0 Å². The fourth-order valence-corrected chi connectivity index (χ4v) is 5.08. The number of hydrogen-bond donors (Lipinski definition) is 1. The van der Waals surface area contributed by atoms with Crippen LogP contribution in [-0.2, 0) is 21.3 Å². The van der Waals surface area contributed by atoms with Crippen molar-refractivity contribution >= 4 is 48.5 Å². The molecule has 28 heavy (non-hydrogen) atoms. The molecule has 1 atom stereocenters. The summed E-state index contributed by atoms with van der Waals surface area (Å²) in [6.07, 6.45) is 2.85. The fraction of sp³-hybridized carbons (Fsp3) is 0.316. The third-order valence-corrected chi connectivity index (χ3v) is 6.84. The van der Waals surface area contributed by atoms with E-state index >= 15 is 0 Å². The van der Waals surface area contributed by atoms with Crippen LogP contribution in [0.4, 0.5) is 0 Å². The molecular formula is C19H19BrClN3O3S. The van der Waals surface area contributed by atoms with Crippen molar-refractivity contribution in [2.24, 2.45) is 0 Å². The molecular weight excluding hydrogens is 466 g/mol. The smallest absolute Gasteiger partial charge is 0.240 e. The molecule has 3 aromatic rings. The number of fused-ring (bicyclic) bond motifs is 1. The van der Waals surface area contributed by atoms with E-state index in [0.29, 0.717) is 21.8 Å². The molecule has 0 radical (unpaired) electrons. The summed E-state index contributed by atoms with van der Waals surface area (Å²) in [4.78, 5) is 0.194. The maximum Gasteiger partial charge on any atom is 0.240 e. The summed E-state index contributed by atoms with van der Waals surface area (Å²) in [6, 6.07) is 12.1. The van der Waals surface area contributed by atoms with E-state index < -0.39 is 10.0 Å². The molecule has 1 N–H and O–H groups in total. The molecule has 6 nitrogen and oxygen atoms in total. The molecule has 1 unspecified atom stereocenters. The Balaban J connectivity index is 1.65. The van der Waals surface area contributed by atoms with Crippen molar-refractivity contribution in [3.8, 4) is 0 Å². The number of rotatable bonds is 5. The van der Waals surface area contributed by atoms with Crippen LogP contribution < -0.4 is 4.72 Å². The Morgan fingerprint density at radius 3 is 2.86 bits per heavy atom. The minimum atomic E-state index is -3.67. The fourth-order valence-electron chi connectivity index (χ4n) is 3.32. The topological polar surface area (TPSA) is 73.2 Å². The van der Waals surface area contributed by atoms with Crippen LogP contribution in [0.2, 0.25) is 5.02 Å². The van der Waals surface area contributed by atoms with Gasteiger partial charge in [-0.05, 0) is 55.7 Å². The lowest BCUT2D eigenvalue weighted by Crippen LogP contribution is -2.24. The Labute approximate surface area is 177 Å². The predicted molar refractivity (Wildman–Crippen MR) is 112 cm³/mol. The minimum absolute atomic E-state index is 0.0609. The highest BCUT2D eigenvalue weighted by Gasteiger charge is 2.22. The van der Waals surface area contributed by atoms with E-state index in [1.54, 1.807) is 30.3 Å². The SMILES string of the molecule is O=S(=O)(NCc1nn(C2CCCCO2)c2ccc(Cl)cc12)c1cccc(Br)c1. The Hall–Kier alpha value is -1.45. The molecule has 2 heterocycles. The molecule has 0 saturated carbocycles. The van der Waals surface area contributed by atoms with Crippen molar-refractivity contribution in [3.05, 3.63) is 57.7 Å². The number of nitrogens with zero attached hydrogens (tertiary/aromatic N) is 2. The van der Waals surface area contributed by atoms with Gasteiger partial charge in [0.1, 0.15) is 0 Å². The van der Waals surface area contributed by atoms with Gasteiger partial charge in [0.2, 0.25) is 10.0 Å². The molecule has 4 rings (SSSR count). The first-order valence-electron chi connectivity index (χ1n) is 8.97. The van der Waals surface area contributed by atoms with Crippen molar-refractivity contribution in [1.29, 1.82) is 0 Å². The molecule has 0 aliphatic carbocycles. The van der Waals surface area contributed by atoms with Crippen molar-refractivity contribution in [1.82, 2.24) is 14.5 Å². The lowest BCUT2D eigenvalue weighted by atomic mass is 10.1. The molecule has 0 amide bonds. The van der Waals surface area contributed by atoms with Gasteiger partial charge in [-0.1, -0.05) is 33.6 Å². The second kappa shape index (κ2) is 8.12. The molecule has 2 aromatic carbocycles. The Morgan fingerprint density at radius 1 is 1.25 bits per heavy atom. The van der Waals surface area contributed by atoms with Gasteiger partial charge in [-0.3, -0.25) is 0 Å². The summed E-state index contributed by atoms with van der Waals surface area (Å²) in [6.45, 7) is 0.760. The molecule has 148 valence electrons. The zero-order chi connectivity index (χ0) is 19.7. The van der Waals surface area contributed by atoms with Gasteiger partial charge in [-0.15, -0.1) is 0 Å². The van der Waals surface area contributed by atoms with E-state index in [4.69, 9.17) is 16.3 Å². The summed E-state index contributed by atoms with van der Waals surface area (Å²) in [5.74, 6) is 0. The quantitative estimate of drug-likeness (QED) is 0.573. The predicted octanol–water partition coefficient (Wildman–Crippen LogP) is 4.63. The van der Waals surface area contributed by atoms with E-state index in [9.17, 15) is 8.42 Å². The number of hydrogen-bond acceptors (Lipinski definition) is 4. The highest BCUT2D eigenvalue weighted by atomic mass is 79.9. The van der Waals surface area contributed by atoms with E-state index in [2.05, 4.69) is 25.8 Å². The summed E-state index contributed by atoms with van der Waals surface area (Å²) in [5, 5.41) is 6.06. The standard InChI is InChI=1S/C19H19BrClN3O3S/c20-13-4-3-5-15(10-13)28(25,26)22-12-17-16-11-14(21)7-8-18(16)24(23-17)19-6-1-2-9-27-19/h3-5,7-8,10-11,19,22H,1-2,6,9,12H2. The Morgan fingerprint density at radius 2 is 2.11 bits per heavy atom. The van der Waals surface area contributed by atoms with Gasteiger partial charge in [-0.2, -0.15) is 5.10 Å². The van der Waals surface area contributed by atoms with E-state index in [1.165, 1.54) is 0 Å². The van der Waals surface area contributed by atoms with Crippen molar-refractivity contribution in [3.63, 3.8) is 0 Å². The van der Waals surface area contributed by atoms with Gasteiger partial charge in [0.25, 0.3) is 0 Å². The largest absolute Gasteiger partial charge is 0.356 e. The van der Waals surface area contributed by atoms with Crippen LogP contribution in [0.25, 0.3) is 10.9 Å². The van der Waals surface area contributed by atoms with Crippen LogP contribution in [0.15, 0.2) is 51.8 Å². The molecule has 1 aromatic heterocycles.